The van der Waals surface area contributed by atoms with E-state index >= 15 is 0 Å². The van der Waals surface area contributed by atoms with Gasteiger partial charge >= 0.3 is 0 Å². The number of rotatable bonds is 8. The first-order valence-corrected chi connectivity index (χ1v) is 11.1. The second-order valence-corrected chi connectivity index (χ2v) is 8.34. The lowest BCUT2D eigenvalue weighted by atomic mass is 9.97. The van der Waals surface area contributed by atoms with Crippen molar-refractivity contribution in [1.29, 1.82) is 0 Å². The van der Waals surface area contributed by atoms with Crippen molar-refractivity contribution in [2.24, 2.45) is 0 Å². The smallest absolute Gasteiger partial charge is 0.272 e. The molecule has 2 aromatic heterocycles. The van der Waals surface area contributed by atoms with E-state index in [0.717, 1.165) is 18.4 Å². The summed E-state index contributed by atoms with van der Waals surface area (Å²) in [5.74, 6) is 0.277. The number of hydrogen-bond acceptors (Lipinski definition) is 5. The molecule has 0 fully saturated rings. The largest absolute Gasteiger partial charge is 0.355 e. The third-order valence-electron chi connectivity index (χ3n) is 4.46. The topological polar surface area (TPSA) is 64.0 Å². The average Bonchev–Trinajstić information content (AvgIpc) is 3.12. The van der Waals surface area contributed by atoms with E-state index in [4.69, 9.17) is 0 Å². The van der Waals surface area contributed by atoms with Gasteiger partial charge in [-0.05, 0) is 50.0 Å². The number of nitrogens with one attached hydrogen (secondary N) is 1. The standard InChI is InChI=1S/C19H25N3O2S2/c1-2-11-22-18(24)17-15(9-12-25-17)21-19(22)26-13-16(23)20-10-8-14-6-4-3-5-7-14/h6,9,12H,2-5,7-8,10-11,13H2,1H3,(H,20,23). The van der Waals surface area contributed by atoms with Crippen molar-refractivity contribution in [2.45, 2.75) is 57.1 Å². The summed E-state index contributed by atoms with van der Waals surface area (Å²) in [7, 11) is 0. The Balaban J connectivity index is 1.58. The second-order valence-electron chi connectivity index (χ2n) is 6.48. The summed E-state index contributed by atoms with van der Waals surface area (Å²) in [6, 6.07) is 1.86. The van der Waals surface area contributed by atoms with Crippen LogP contribution in [0.15, 0.2) is 33.0 Å². The minimum absolute atomic E-state index is 0.000932. The van der Waals surface area contributed by atoms with E-state index in [0.29, 0.717) is 22.9 Å². The number of carbonyl (C=O) groups is 1. The molecular weight excluding hydrogens is 366 g/mol. The molecule has 7 heteroatoms. The predicted molar refractivity (Wildman–Crippen MR) is 109 cm³/mol. The lowest BCUT2D eigenvalue weighted by Gasteiger charge is -2.13. The van der Waals surface area contributed by atoms with Gasteiger partial charge in [-0.25, -0.2) is 4.98 Å². The van der Waals surface area contributed by atoms with Crippen molar-refractivity contribution in [2.75, 3.05) is 12.3 Å². The van der Waals surface area contributed by atoms with Crippen molar-refractivity contribution < 1.29 is 4.79 Å². The first kappa shape index (κ1) is 19.2. The molecule has 1 N–H and O–H groups in total. The van der Waals surface area contributed by atoms with Gasteiger partial charge in [-0.1, -0.05) is 30.3 Å². The van der Waals surface area contributed by atoms with E-state index in [9.17, 15) is 9.59 Å². The number of aromatic nitrogens is 2. The third kappa shape index (κ3) is 4.76. The van der Waals surface area contributed by atoms with Crippen LogP contribution in [-0.4, -0.2) is 27.8 Å². The Morgan fingerprint density at radius 1 is 1.42 bits per heavy atom. The molecule has 26 heavy (non-hydrogen) atoms. The van der Waals surface area contributed by atoms with Crippen molar-refractivity contribution in [1.82, 2.24) is 14.9 Å². The van der Waals surface area contributed by atoms with Gasteiger partial charge in [0.05, 0.1) is 11.3 Å². The van der Waals surface area contributed by atoms with Crippen molar-refractivity contribution in [3.8, 4) is 0 Å². The molecule has 2 aromatic rings. The Kier molecular flexibility index (Phi) is 6.91. The van der Waals surface area contributed by atoms with Crippen LogP contribution in [0.25, 0.3) is 10.2 Å². The minimum Gasteiger partial charge on any atom is -0.355 e. The first-order chi connectivity index (χ1) is 12.7. The lowest BCUT2D eigenvalue weighted by Crippen LogP contribution is -2.27. The van der Waals surface area contributed by atoms with E-state index in [1.807, 2.05) is 18.4 Å². The molecule has 3 rings (SSSR count). The van der Waals surface area contributed by atoms with Gasteiger partial charge in [-0.15, -0.1) is 11.3 Å². The zero-order valence-corrected chi connectivity index (χ0v) is 16.8. The fraction of sp³-hybridized carbons (Fsp3) is 0.526. The molecule has 2 heterocycles. The van der Waals surface area contributed by atoms with Gasteiger partial charge in [0.1, 0.15) is 4.70 Å². The molecule has 0 atom stereocenters. The van der Waals surface area contributed by atoms with Gasteiger partial charge in [-0.2, -0.15) is 0 Å². The van der Waals surface area contributed by atoms with Gasteiger partial charge in [0, 0.05) is 13.1 Å². The maximum Gasteiger partial charge on any atom is 0.272 e. The Bertz CT molecular complexity index is 854. The number of hydrogen-bond donors (Lipinski definition) is 1. The van der Waals surface area contributed by atoms with Crippen molar-refractivity contribution in [3.05, 3.63) is 33.4 Å². The molecule has 0 aromatic carbocycles. The molecule has 0 bridgehead atoms. The Hall–Kier alpha value is -1.60. The predicted octanol–water partition coefficient (Wildman–Crippen LogP) is 3.97. The van der Waals surface area contributed by atoms with E-state index in [1.165, 1.54) is 54.4 Å². The highest BCUT2D eigenvalue weighted by Gasteiger charge is 2.13. The highest BCUT2D eigenvalue weighted by molar-refractivity contribution is 7.99. The van der Waals surface area contributed by atoms with Crippen LogP contribution in [-0.2, 0) is 11.3 Å². The van der Waals surface area contributed by atoms with Crippen LogP contribution < -0.4 is 10.9 Å². The summed E-state index contributed by atoms with van der Waals surface area (Å²) < 4.78 is 2.39. The lowest BCUT2D eigenvalue weighted by molar-refractivity contribution is -0.118. The van der Waals surface area contributed by atoms with Crippen molar-refractivity contribution >= 4 is 39.2 Å². The van der Waals surface area contributed by atoms with E-state index in [1.54, 1.807) is 4.57 Å². The second kappa shape index (κ2) is 9.37. The van der Waals surface area contributed by atoms with Gasteiger partial charge in [0.15, 0.2) is 5.16 Å². The maximum absolute atomic E-state index is 12.6. The third-order valence-corrected chi connectivity index (χ3v) is 6.33. The Labute approximate surface area is 161 Å². The summed E-state index contributed by atoms with van der Waals surface area (Å²) in [4.78, 5) is 29.4. The zero-order valence-electron chi connectivity index (χ0n) is 15.1. The quantitative estimate of drug-likeness (QED) is 0.420. The van der Waals surface area contributed by atoms with Crippen LogP contribution in [0.5, 0.6) is 0 Å². The molecule has 140 valence electrons. The van der Waals surface area contributed by atoms with Gasteiger partial charge in [-0.3, -0.25) is 14.2 Å². The molecule has 0 radical (unpaired) electrons. The minimum atomic E-state index is -0.00544. The SMILES string of the molecule is CCCn1c(SCC(=O)NCCC2=CCCCC2)nc2ccsc2c1=O. The van der Waals surface area contributed by atoms with E-state index < -0.39 is 0 Å². The first-order valence-electron chi connectivity index (χ1n) is 9.24. The highest BCUT2D eigenvalue weighted by atomic mass is 32.2. The zero-order chi connectivity index (χ0) is 18.4. The fourth-order valence-corrected chi connectivity index (χ4v) is 4.76. The fourth-order valence-electron chi connectivity index (χ4n) is 3.13. The van der Waals surface area contributed by atoms with Crippen LogP contribution in [0, 0.1) is 0 Å². The molecule has 0 spiro atoms. The van der Waals surface area contributed by atoms with Crippen LogP contribution in [0.3, 0.4) is 0 Å². The van der Waals surface area contributed by atoms with E-state index in [2.05, 4.69) is 16.4 Å². The normalized spacial score (nSPS) is 14.4. The number of amides is 1. The highest BCUT2D eigenvalue weighted by Crippen LogP contribution is 2.21. The Morgan fingerprint density at radius 2 is 2.31 bits per heavy atom. The molecule has 1 aliphatic carbocycles. The number of allylic oxidation sites excluding steroid dienone is 1. The van der Waals surface area contributed by atoms with Crippen LogP contribution in [0.4, 0.5) is 0 Å². The number of carbonyl (C=O) groups excluding carboxylic acids is 1. The molecule has 0 saturated carbocycles. The number of thiophene rings is 1. The average molecular weight is 392 g/mol. The number of thioether (sulfide) groups is 1. The summed E-state index contributed by atoms with van der Waals surface area (Å²) in [6.45, 7) is 3.34. The molecule has 1 amide bonds. The maximum atomic E-state index is 12.6. The molecule has 0 saturated heterocycles. The number of nitrogens with zero attached hydrogens (tertiary/aromatic N) is 2. The summed E-state index contributed by atoms with van der Waals surface area (Å²) in [5, 5.41) is 5.50. The Morgan fingerprint density at radius 3 is 3.08 bits per heavy atom. The van der Waals surface area contributed by atoms with Gasteiger partial charge in [0.25, 0.3) is 5.56 Å². The molecule has 1 aliphatic rings. The summed E-state index contributed by atoms with van der Waals surface area (Å²) in [6.07, 6.45) is 9.00. The monoisotopic (exact) mass is 391 g/mol. The molecule has 0 aliphatic heterocycles. The summed E-state index contributed by atoms with van der Waals surface area (Å²) >= 11 is 2.77. The van der Waals surface area contributed by atoms with Crippen molar-refractivity contribution in [3.63, 3.8) is 0 Å². The van der Waals surface area contributed by atoms with Crippen LogP contribution >= 0.6 is 23.1 Å². The van der Waals surface area contributed by atoms with E-state index in [-0.39, 0.29) is 17.2 Å². The molecule has 0 unspecified atom stereocenters. The number of fused-ring (bicyclic) bond motifs is 1. The van der Waals surface area contributed by atoms with Gasteiger partial charge < -0.3 is 5.32 Å². The van der Waals surface area contributed by atoms with Gasteiger partial charge in [0.2, 0.25) is 5.91 Å². The molecule has 5 nitrogen and oxygen atoms in total. The molecular formula is C19H25N3O2S2. The summed E-state index contributed by atoms with van der Waals surface area (Å²) in [5.41, 5.74) is 2.18. The van der Waals surface area contributed by atoms with Crippen LogP contribution in [0.2, 0.25) is 0 Å². The van der Waals surface area contributed by atoms with Crippen LogP contribution in [0.1, 0.15) is 45.4 Å².